The third-order valence-corrected chi connectivity index (χ3v) is 3.78. The van der Waals surface area contributed by atoms with Crippen molar-refractivity contribution in [2.24, 2.45) is 5.73 Å². The summed E-state index contributed by atoms with van der Waals surface area (Å²) < 4.78 is 32.7. The molecule has 2 N–H and O–H groups in total. The lowest BCUT2D eigenvalue weighted by molar-refractivity contribution is 0.166. The number of benzene rings is 1. The molecule has 0 radical (unpaired) electrons. The lowest BCUT2D eigenvalue weighted by atomic mass is 9.62. The van der Waals surface area contributed by atoms with Crippen molar-refractivity contribution in [1.29, 1.82) is 0 Å². The Balaban J connectivity index is 2.07. The molecule has 2 nitrogen and oxygen atoms in total. The summed E-state index contributed by atoms with van der Waals surface area (Å²) in [7, 11) is 0. The van der Waals surface area contributed by atoms with Gasteiger partial charge in [0.15, 0.2) is 0 Å². The van der Waals surface area contributed by atoms with Crippen LogP contribution in [-0.4, -0.2) is 12.3 Å². The molecule has 16 heavy (non-hydrogen) atoms. The Labute approximate surface area is 92.4 Å². The molecule has 0 bridgehead atoms. The zero-order valence-corrected chi connectivity index (χ0v) is 8.75. The van der Waals surface area contributed by atoms with E-state index < -0.39 is 17.0 Å². The molecule has 0 spiro atoms. The number of epoxide rings is 1. The smallest absolute Gasteiger partial charge is 0.133 e. The van der Waals surface area contributed by atoms with Crippen LogP contribution in [-0.2, 0) is 10.2 Å². The molecule has 1 aliphatic heterocycles. The van der Waals surface area contributed by atoms with E-state index in [-0.39, 0.29) is 17.9 Å². The summed E-state index contributed by atoms with van der Waals surface area (Å²) in [4.78, 5) is 0. The second-order valence-corrected chi connectivity index (χ2v) is 4.63. The van der Waals surface area contributed by atoms with Gasteiger partial charge in [-0.2, -0.15) is 0 Å². The lowest BCUT2D eigenvalue weighted by Gasteiger charge is -2.41. The summed E-state index contributed by atoms with van der Waals surface area (Å²) in [6, 6.07) is 3.98. The van der Waals surface area contributed by atoms with Crippen molar-refractivity contribution in [3.05, 3.63) is 35.4 Å². The van der Waals surface area contributed by atoms with Crippen molar-refractivity contribution >= 4 is 0 Å². The maximum atomic E-state index is 13.7. The molecule has 1 heterocycles. The number of ether oxygens (including phenoxy) is 1. The van der Waals surface area contributed by atoms with E-state index in [0.29, 0.717) is 0 Å². The topological polar surface area (TPSA) is 38.5 Å². The van der Waals surface area contributed by atoms with Gasteiger partial charge in [-0.3, -0.25) is 0 Å². The monoisotopic (exact) mass is 225 g/mol. The zero-order chi connectivity index (χ0) is 11.3. The number of halogens is 2. The quantitative estimate of drug-likeness (QED) is 0.782. The highest BCUT2D eigenvalue weighted by Gasteiger charge is 2.58. The minimum Gasteiger partial charge on any atom is -0.352 e. The molecule has 0 amide bonds. The summed E-state index contributed by atoms with van der Waals surface area (Å²) in [6.07, 6.45) is 1.90. The van der Waals surface area contributed by atoms with Gasteiger partial charge in [0.2, 0.25) is 0 Å². The van der Waals surface area contributed by atoms with Crippen molar-refractivity contribution in [1.82, 2.24) is 0 Å². The number of hydrogen-bond acceptors (Lipinski definition) is 2. The maximum absolute atomic E-state index is 13.7. The molecule has 1 aromatic rings. The average Bonchev–Trinajstić information content (AvgIpc) is 2.87. The van der Waals surface area contributed by atoms with Gasteiger partial charge in [0.25, 0.3) is 0 Å². The predicted molar refractivity (Wildman–Crippen MR) is 54.7 cm³/mol. The second-order valence-electron chi connectivity index (χ2n) is 4.63. The van der Waals surface area contributed by atoms with Gasteiger partial charge in [-0.25, -0.2) is 8.78 Å². The van der Waals surface area contributed by atoms with Crippen molar-refractivity contribution in [2.75, 3.05) is 0 Å². The molecule has 1 saturated heterocycles. The van der Waals surface area contributed by atoms with Crippen LogP contribution in [0, 0.1) is 11.6 Å². The van der Waals surface area contributed by atoms with E-state index in [1.54, 1.807) is 0 Å². The fourth-order valence-corrected chi connectivity index (χ4v) is 2.78. The fraction of sp³-hybridized carbons (Fsp3) is 0.500. The molecule has 86 valence electrons. The highest BCUT2D eigenvalue weighted by molar-refractivity contribution is 5.35. The van der Waals surface area contributed by atoms with Gasteiger partial charge < -0.3 is 10.5 Å². The Morgan fingerprint density at radius 2 is 1.81 bits per heavy atom. The third-order valence-electron chi connectivity index (χ3n) is 3.78. The van der Waals surface area contributed by atoms with E-state index >= 15 is 0 Å². The summed E-state index contributed by atoms with van der Waals surface area (Å²) >= 11 is 0. The van der Waals surface area contributed by atoms with Gasteiger partial charge in [-0.05, 0) is 25.0 Å². The molecular weight excluding hydrogens is 212 g/mol. The number of hydrogen-bond donors (Lipinski definition) is 1. The van der Waals surface area contributed by atoms with E-state index in [9.17, 15) is 8.78 Å². The van der Waals surface area contributed by atoms with Crippen LogP contribution in [0.2, 0.25) is 0 Å². The Kier molecular flexibility index (Phi) is 2.06. The first-order valence-electron chi connectivity index (χ1n) is 5.51. The molecular formula is C12H13F2NO. The Bertz CT molecular complexity index is 411. The van der Waals surface area contributed by atoms with Gasteiger partial charge in [0.1, 0.15) is 24.0 Å². The van der Waals surface area contributed by atoms with Crippen molar-refractivity contribution in [3.8, 4) is 0 Å². The summed E-state index contributed by atoms with van der Waals surface area (Å²) in [6.45, 7) is 0. The molecule has 1 aromatic carbocycles. The molecule has 1 aliphatic carbocycles. The van der Waals surface area contributed by atoms with Gasteiger partial charge >= 0.3 is 0 Å². The summed E-state index contributed by atoms with van der Waals surface area (Å²) in [5.74, 6) is -0.968. The van der Waals surface area contributed by atoms with Gasteiger partial charge in [-0.1, -0.05) is 12.5 Å². The van der Waals surface area contributed by atoms with E-state index in [2.05, 4.69) is 0 Å². The van der Waals surface area contributed by atoms with Crippen LogP contribution in [0.5, 0.6) is 0 Å². The average molecular weight is 225 g/mol. The minimum absolute atomic E-state index is 0.166. The second kappa shape index (κ2) is 3.25. The maximum Gasteiger partial charge on any atom is 0.133 e. The van der Waals surface area contributed by atoms with Gasteiger partial charge in [0.05, 0.1) is 0 Å². The third kappa shape index (κ3) is 1.23. The molecule has 3 rings (SSSR count). The fourth-order valence-electron chi connectivity index (χ4n) is 2.78. The first-order valence-corrected chi connectivity index (χ1v) is 5.51. The SMILES string of the molecule is NC1OC1C1(c2c(F)cccc2F)CCC1. The van der Waals surface area contributed by atoms with Crippen LogP contribution in [0.25, 0.3) is 0 Å². The summed E-state index contributed by atoms with van der Waals surface area (Å²) in [5.41, 5.74) is 5.28. The molecule has 2 atom stereocenters. The van der Waals surface area contributed by atoms with Crippen molar-refractivity contribution in [2.45, 2.75) is 37.0 Å². The van der Waals surface area contributed by atoms with Gasteiger partial charge in [-0.15, -0.1) is 0 Å². The standard InChI is InChI=1S/C12H13F2NO/c13-7-3-1-4-8(14)9(7)12(5-2-6-12)10-11(15)16-10/h1,3-4,10-11H,2,5-6,15H2. The number of nitrogens with two attached hydrogens (primary N) is 1. The van der Waals surface area contributed by atoms with Crippen molar-refractivity contribution < 1.29 is 13.5 Å². The lowest BCUT2D eigenvalue weighted by Crippen LogP contribution is -2.43. The van der Waals surface area contributed by atoms with Crippen LogP contribution < -0.4 is 5.73 Å². The minimum atomic E-state index is -0.519. The molecule has 2 aliphatic rings. The van der Waals surface area contributed by atoms with E-state index in [4.69, 9.17) is 10.5 Å². The highest BCUT2D eigenvalue weighted by atomic mass is 19.1. The van der Waals surface area contributed by atoms with Crippen LogP contribution in [0.15, 0.2) is 18.2 Å². The Morgan fingerprint density at radius 3 is 2.19 bits per heavy atom. The molecule has 4 heteroatoms. The molecule has 1 saturated carbocycles. The summed E-state index contributed by atoms with van der Waals surface area (Å²) in [5, 5.41) is 0. The molecule has 2 unspecified atom stereocenters. The van der Waals surface area contributed by atoms with E-state index in [1.165, 1.54) is 18.2 Å². The Hall–Kier alpha value is -1.00. The highest BCUT2D eigenvalue weighted by Crippen LogP contribution is 2.54. The first kappa shape index (κ1) is 10.2. The zero-order valence-electron chi connectivity index (χ0n) is 8.75. The van der Waals surface area contributed by atoms with Crippen molar-refractivity contribution in [3.63, 3.8) is 0 Å². The first-order chi connectivity index (χ1) is 7.65. The normalized spacial score (nSPS) is 30.9. The largest absolute Gasteiger partial charge is 0.352 e. The predicted octanol–water partition coefficient (Wildman–Crippen LogP) is 2.07. The van der Waals surface area contributed by atoms with Gasteiger partial charge in [0, 0.05) is 11.0 Å². The van der Waals surface area contributed by atoms with Crippen LogP contribution >= 0.6 is 0 Å². The van der Waals surface area contributed by atoms with Crippen LogP contribution in [0.3, 0.4) is 0 Å². The van der Waals surface area contributed by atoms with E-state index in [1.807, 2.05) is 0 Å². The molecule has 2 fully saturated rings. The number of rotatable bonds is 2. The molecule has 0 aromatic heterocycles. The Morgan fingerprint density at radius 1 is 1.25 bits per heavy atom. The van der Waals surface area contributed by atoms with Crippen LogP contribution in [0.1, 0.15) is 24.8 Å². The van der Waals surface area contributed by atoms with E-state index in [0.717, 1.165) is 19.3 Å². The van der Waals surface area contributed by atoms with Crippen LogP contribution in [0.4, 0.5) is 8.78 Å².